The molecule has 3 aromatic rings. The first-order valence-corrected chi connectivity index (χ1v) is 11.4. The van der Waals surface area contributed by atoms with Crippen LogP contribution >= 0.6 is 11.8 Å². The lowest BCUT2D eigenvalue weighted by atomic mass is 10.2. The molecule has 0 aliphatic heterocycles. The number of rotatable bonds is 10. The van der Waals surface area contributed by atoms with Crippen molar-refractivity contribution >= 4 is 29.2 Å². The van der Waals surface area contributed by atoms with E-state index in [1.54, 1.807) is 12.1 Å². The van der Waals surface area contributed by atoms with Crippen molar-refractivity contribution in [2.45, 2.75) is 52.5 Å². The molecule has 3 N–H and O–H groups in total. The Labute approximate surface area is 188 Å². The molecule has 0 saturated heterocycles. The fourth-order valence-corrected chi connectivity index (χ4v) is 4.30. The van der Waals surface area contributed by atoms with Crippen LogP contribution in [-0.4, -0.2) is 26.4 Å². The van der Waals surface area contributed by atoms with Crippen molar-refractivity contribution in [1.29, 1.82) is 0 Å². The first-order chi connectivity index (χ1) is 15.3. The lowest BCUT2D eigenvalue weighted by Gasteiger charge is -2.23. The smallest absolute Gasteiger partial charge is 0.330 e. The number of aryl methyl sites for hydroxylation is 2. The number of nitrogen functional groups attached to an aromatic ring is 1. The molecule has 1 amide bonds. The molecule has 0 atom stereocenters. The molecule has 0 fully saturated rings. The Morgan fingerprint density at radius 1 is 1.34 bits per heavy atom. The molecule has 11 heteroatoms. The molecule has 10 nitrogen and oxygen atoms in total. The van der Waals surface area contributed by atoms with E-state index in [-0.39, 0.29) is 29.7 Å². The van der Waals surface area contributed by atoms with Crippen LogP contribution in [0.2, 0.25) is 0 Å². The third-order valence-electron chi connectivity index (χ3n) is 5.07. The molecule has 172 valence electrons. The van der Waals surface area contributed by atoms with Crippen molar-refractivity contribution in [3.8, 4) is 0 Å². The zero-order chi connectivity index (χ0) is 23.3. The number of H-pyrrole nitrogens is 1. The summed E-state index contributed by atoms with van der Waals surface area (Å²) in [5.41, 5.74) is 6.58. The number of carbonyl (C=O) groups excluding carboxylic acids is 1. The topological polar surface area (TPSA) is 140 Å². The first-order valence-electron chi connectivity index (χ1n) is 10.3. The van der Waals surface area contributed by atoms with E-state index >= 15 is 0 Å². The summed E-state index contributed by atoms with van der Waals surface area (Å²) < 4.78 is 11.8. The second kappa shape index (κ2) is 10.4. The number of carbonyl (C=O) groups is 1. The van der Waals surface area contributed by atoms with E-state index < -0.39 is 11.2 Å². The number of nitrogens with two attached hydrogens (primary N) is 1. The Hall–Kier alpha value is -3.21. The summed E-state index contributed by atoms with van der Waals surface area (Å²) in [6.07, 6.45) is 3.03. The molecule has 0 saturated carbocycles. The summed E-state index contributed by atoms with van der Waals surface area (Å²) in [5.74, 6) is 1.43. The normalized spacial score (nSPS) is 11.1. The van der Waals surface area contributed by atoms with Gasteiger partial charge in [0, 0.05) is 17.9 Å². The van der Waals surface area contributed by atoms with Gasteiger partial charge in [-0.15, -0.1) is 11.8 Å². The van der Waals surface area contributed by atoms with Crippen molar-refractivity contribution < 1.29 is 13.7 Å². The van der Waals surface area contributed by atoms with Crippen molar-refractivity contribution in [2.75, 3.05) is 16.4 Å². The minimum atomic E-state index is -0.712. The number of aromatic amines is 1. The van der Waals surface area contributed by atoms with Gasteiger partial charge in [0.2, 0.25) is 5.91 Å². The number of furan rings is 1. The van der Waals surface area contributed by atoms with Crippen molar-refractivity contribution in [3.05, 3.63) is 62.0 Å². The van der Waals surface area contributed by atoms with Gasteiger partial charge < -0.3 is 14.7 Å². The van der Waals surface area contributed by atoms with Gasteiger partial charge in [-0.25, -0.2) is 4.79 Å². The van der Waals surface area contributed by atoms with E-state index in [1.165, 1.54) is 27.5 Å². The molecule has 0 aliphatic rings. The van der Waals surface area contributed by atoms with Crippen molar-refractivity contribution in [1.82, 2.24) is 14.7 Å². The fraction of sp³-hybridized carbons (Fsp3) is 0.429. The first kappa shape index (κ1) is 23.5. The quantitative estimate of drug-likeness (QED) is 0.469. The van der Waals surface area contributed by atoms with Gasteiger partial charge in [0.05, 0.1) is 24.3 Å². The summed E-state index contributed by atoms with van der Waals surface area (Å²) in [4.78, 5) is 41.8. The third-order valence-corrected chi connectivity index (χ3v) is 6.01. The Bertz CT molecular complexity index is 1160. The van der Waals surface area contributed by atoms with E-state index in [9.17, 15) is 14.4 Å². The molecule has 32 heavy (non-hydrogen) atoms. The van der Waals surface area contributed by atoms with E-state index in [2.05, 4.69) is 10.1 Å². The fourth-order valence-electron chi connectivity index (χ4n) is 3.25. The zero-order valence-corrected chi connectivity index (χ0v) is 19.2. The monoisotopic (exact) mass is 461 g/mol. The van der Waals surface area contributed by atoms with Gasteiger partial charge in [0.15, 0.2) is 5.69 Å². The molecule has 0 unspecified atom stereocenters. The lowest BCUT2D eigenvalue weighted by Crippen LogP contribution is -2.41. The van der Waals surface area contributed by atoms with Gasteiger partial charge in [-0.2, -0.15) is 0 Å². The van der Waals surface area contributed by atoms with Crippen LogP contribution in [0.25, 0.3) is 0 Å². The Morgan fingerprint density at radius 2 is 2.12 bits per heavy atom. The lowest BCUT2D eigenvalue weighted by molar-refractivity contribution is -0.116. The largest absolute Gasteiger partial charge is 0.467 e. The Kier molecular flexibility index (Phi) is 7.62. The van der Waals surface area contributed by atoms with Gasteiger partial charge in [0.1, 0.15) is 17.3 Å². The zero-order valence-electron chi connectivity index (χ0n) is 18.3. The summed E-state index contributed by atoms with van der Waals surface area (Å²) in [5, 5.41) is 3.92. The SMILES string of the molecule is CCCCn1c(N)c(N(Cc2ccco2)C(=O)CSCc2c(C)noc2C)c(=O)[nH]c1=O. The summed E-state index contributed by atoms with van der Waals surface area (Å²) in [6, 6.07) is 3.40. The minimum Gasteiger partial charge on any atom is -0.467 e. The molecule has 3 heterocycles. The molecule has 0 aliphatic carbocycles. The number of unbranched alkanes of at least 4 members (excludes halogenated alkanes) is 1. The second-order valence-electron chi connectivity index (χ2n) is 7.35. The van der Waals surface area contributed by atoms with Crippen LogP contribution in [0.15, 0.2) is 36.9 Å². The molecule has 0 aromatic carbocycles. The van der Waals surface area contributed by atoms with Crippen LogP contribution in [-0.2, 0) is 23.6 Å². The highest BCUT2D eigenvalue weighted by molar-refractivity contribution is 7.99. The van der Waals surface area contributed by atoms with Crippen LogP contribution in [0.4, 0.5) is 11.5 Å². The van der Waals surface area contributed by atoms with Crippen LogP contribution in [0.5, 0.6) is 0 Å². The molecule has 3 rings (SSSR count). The average Bonchev–Trinajstić information content (AvgIpc) is 3.37. The Balaban J connectivity index is 1.90. The molecule has 0 spiro atoms. The number of hydrogen-bond acceptors (Lipinski definition) is 8. The number of anilines is 2. The van der Waals surface area contributed by atoms with Gasteiger partial charge in [-0.05, 0) is 32.4 Å². The number of nitrogens with zero attached hydrogens (tertiary/aromatic N) is 3. The van der Waals surface area contributed by atoms with E-state index in [1.807, 2.05) is 20.8 Å². The van der Waals surface area contributed by atoms with Crippen LogP contribution < -0.4 is 21.9 Å². The number of aromatic nitrogens is 3. The predicted octanol–water partition coefficient (Wildman–Crippen LogP) is 2.58. The van der Waals surface area contributed by atoms with Crippen molar-refractivity contribution in [3.63, 3.8) is 0 Å². The summed E-state index contributed by atoms with van der Waals surface area (Å²) >= 11 is 1.37. The maximum Gasteiger partial charge on any atom is 0.330 e. The summed E-state index contributed by atoms with van der Waals surface area (Å²) in [7, 11) is 0. The number of amides is 1. The number of hydrogen-bond donors (Lipinski definition) is 2. The highest BCUT2D eigenvalue weighted by Gasteiger charge is 2.25. The predicted molar refractivity (Wildman–Crippen MR) is 123 cm³/mol. The highest BCUT2D eigenvalue weighted by atomic mass is 32.2. The molecular formula is C21H27N5O5S. The highest BCUT2D eigenvalue weighted by Crippen LogP contribution is 2.24. The minimum absolute atomic E-state index is 0.0109. The van der Waals surface area contributed by atoms with Crippen LogP contribution in [0, 0.1) is 13.8 Å². The number of thioether (sulfide) groups is 1. The van der Waals surface area contributed by atoms with Gasteiger partial charge in [-0.1, -0.05) is 18.5 Å². The summed E-state index contributed by atoms with van der Waals surface area (Å²) in [6.45, 7) is 6.00. The standard InChI is InChI=1S/C21H27N5O5S/c1-4-5-8-25-19(22)18(20(28)23-21(25)29)26(10-15-7-6-9-30-15)17(27)12-32-11-16-13(2)24-31-14(16)3/h6-7,9H,4-5,8,10-12,22H2,1-3H3,(H,23,28,29). The van der Waals surface area contributed by atoms with E-state index in [0.717, 1.165) is 17.7 Å². The molecule has 3 aromatic heterocycles. The van der Waals surface area contributed by atoms with Crippen LogP contribution in [0.1, 0.15) is 42.5 Å². The third kappa shape index (κ3) is 5.16. The van der Waals surface area contributed by atoms with Gasteiger partial charge in [-0.3, -0.25) is 24.0 Å². The maximum atomic E-state index is 13.2. The van der Waals surface area contributed by atoms with Crippen molar-refractivity contribution in [2.24, 2.45) is 0 Å². The second-order valence-corrected chi connectivity index (χ2v) is 8.34. The maximum absolute atomic E-state index is 13.2. The van der Waals surface area contributed by atoms with E-state index in [4.69, 9.17) is 14.7 Å². The molecule has 0 radical (unpaired) electrons. The molecular weight excluding hydrogens is 434 g/mol. The van der Waals surface area contributed by atoms with E-state index in [0.29, 0.717) is 30.2 Å². The average molecular weight is 462 g/mol. The van der Waals surface area contributed by atoms with Crippen LogP contribution in [0.3, 0.4) is 0 Å². The number of nitrogens with one attached hydrogen (secondary N) is 1. The van der Waals surface area contributed by atoms with Gasteiger partial charge >= 0.3 is 5.69 Å². The molecule has 0 bridgehead atoms. The van der Waals surface area contributed by atoms with Gasteiger partial charge in [0.25, 0.3) is 5.56 Å². The Morgan fingerprint density at radius 3 is 2.75 bits per heavy atom.